The minimum Gasteiger partial charge on any atom is -0.469 e. The van der Waals surface area contributed by atoms with Crippen LogP contribution in [-0.2, 0) is 20.8 Å². The first-order chi connectivity index (χ1) is 8.58. The van der Waals surface area contributed by atoms with E-state index in [2.05, 4.69) is 4.74 Å². The topological polar surface area (TPSA) is 83.5 Å². The summed E-state index contributed by atoms with van der Waals surface area (Å²) in [6, 6.07) is 1.58. The maximum atomic E-state index is 11.7. The molecule has 0 aliphatic heterocycles. The van der Waals surface area contributed by atoms with Crippen molar-refractivity contribution in [3.63, 3.8) is 0 Å². The van der Waals surface area contributed by atoms with Crippen LogP contribution in [0.25, 0.3) is 0 Å². The summed E-state index contributed by atoms with van der Waals surface area (Å²) < 4.78 is 11.3. The largest absolute Gasteiger partial charge is 0.469 e. The third kappa shape index (κ3) is 3.80. The summed E-state index contributed by atoms with van der Waals surface area (Å²) in [5.74, 6) is -0.745. The molecule has 0 bridgehead atoms. The van der Waals surface area contributed by atoms with Crippen molar-refractivity contribution in [1.29, 1.82) is 0 Å². The Hall–Kier alpha value is -1.98. The number of nitrogens with two attached hydrogens (primary N) is 1. The fraction of sp³-hybridized carbons (Fsp3) is 0.500. The van der Waals surface area contributed by atoms with E-state index in [0.717, 1.165) is 0 Å². The van der Waals surface area contributed by atoms with Gasteiger partial charge in [-0.25, -0.2) is 4.79 Å². The van der Waals surface area contributed by atoms with Crippen molar-refractivity contribution in [2.24, 2.45) is 0 Å². The van der Waals surface area contributed by atoms with Crippen molar-refractivity contribution in [3.05, 3.63) is 18.0 Å². The molecule has 0 saturated carbocycles. The fourth-order valence-electron chi connectivity index (χ4n) is 1.52. The van der Waals surface area contributed by atoms with E-state index in [-0.39, 0.29) is 19.0 Å². The normalized spacial score (nSPS) is 10.1. The van der Waals surface area contributed by atoms with Crippen LogP contribution in [0, 0.1) is 0 Å². The van der Waals surface area contributed by atoms with Gasteiger partial charge < -0.3 is 19.8 Å². The van der Waals surface area contributed by atoms with Crippen LogP contribution < -0.4 is 5.73 Å². The van der Waals surface area contributed by atoms with Crippen LogP contribution in [0.3, 0.4) is 0 Å². The van der Waals surface area contributed by atoms with Crippen molar-refractivity contribution >= 4 is 17.6 Å². The van der Waals surface area contributed by atoms with Gasteiger partial charge in [-0.15, -0.1) is 0 Å². The Morgan fingerprint density at radius 2 is 2.17 bits per heavy atom. The molecule has 0 atom stereocenters. The summed E-state index contributed by atoms with van der Waals surface area (Å²) in [7, 11) is 1.32. The molecule has 2 N–H and O–H groups in total. The molecule has 18 heavy (non-hydrogen) atoms. The number of hydrogen-bond donors (Lipinski definition) is 1. The molecule has 1 aromatic heterocycles. The predicted octanol–water partition coefficient (Wildman–Crippen LogP) is 1.20. The van der Waals surface area contributed by atoms with E-state index in [1.165, 1.54) is 7.11 Å². The molecule has 0 aromatic carbocycles. The number of carbonyl (C=O) groups is 2. The van der Waals surface area contributed by atoms with E-state index < -0.39 is 5.97 Å². The molecule has 6 heteroatoms. The highest BCUT2D eigenvalue weighted by Gasteiger charge is 2.13. The third-order valence-corrected chi connectivity index (χ3v) is 2.45. The summed E-state index contributed by atoms with van der Waals surface area (Å²) >= 11 is 0. The highest BCUT2D eigenvalue weighted by atomic mass is 16.5. The van der Waals surface area contributed by atoms with Crippen molar-refractivity contribution in [1.82, 2.24) is 4.57 Å². The van der Waals surface area contributed by atoms with Gasteiger partial charge in [0.15, 0.2) is 0 Å². The molecular formula is C12H18N2O4. The smallest absolute Gasteiger partial charge is 0.355 e. The van der Waals surface area contributed by atoms with Crippen molar-refractivity contribution in [2.45, 2.75) is 26.3 Å². The lowest BCUT2D eigenvalue weighted by Crippen LogP contribution is -2.12. The van der Waals surface area contributed by atoms with Gasteiger partial charge in [0, 0.05) is 19.2 Å². The monoisotopic (exact) mass is 254 g/mol. The molecule has 0 unspecified atom stereocenters. The van der Waals surface area contributed by atoms with Crippen LogP contribution in [0.4, 0.5) is 5.69 Å². The number of nitrogens with zero attached hydrogens (tertiary/aromatic N) is 1. The molecule has 0 spiro atoms. The van der Waals surface area contributed by atoms with Crippen LogP contribution >= 0.6 is 0 Å². The third-order valence-electron chi connectivity index (χ3n) is 2.45. The van der Waals surface area contributed by atoms with E-state index in [0.29, 0.717) is 24.3 Å². The number of ether oxygens (including phenoxy) is 2. The molecule has 0 aliphatic carbocycles. The second kappa shape index (κ2) is 6.68. The first-order valence-electron chi connectivity index (χ1n) is 5.78. The van der Waals surface area contributed by atoms with Gasteiger partial charge in [0.2, 0.25) is 0 Å². The minimum atomic E-state index is -0.432. The Morgan fingerprint density at radius 3 is 2.78 bits per heavy atom. The molecule has 0 aliphatic rings. The molecule has 6 nitrogen and oxygen atoms in total. The average Bonchev–Trinajstić information content (AvgIpc) is 2.75. The lowest BCUT2D eigenvalue weighted by Gasteiger charge is -2.06. The first kappa shape index (κ1) is 14.1. The predicted molar refractivity (Wildman–Crippen MR) is 66.1 cm³/mol. The van der Waals surface area contributed by atoms with Crippen molar-refractivity contribution in [2.75, 3.05) is 19.5 Å². The SMILES string of the molecule is CCn1cc(N)cc1C(=O)OCCCC(=O)OC. The molecular weight excluding hydrogens is 236 g/mol. The van der Waals surface area contributed by atoms with Gasteiger partial charge in [-0.3, -0.25) is 4.79 Å². The van der Waals surface area contributed by atoms with E-state index in [4.69, 9.17) is 10.5 Å². The number of methoxy groups -OCH3 is 1. The molecule has 0 fully saturated rings. The molecule has 100 valence electrons. The molecule has 0 radical (unpaired) electrons. The highest BCUT2D eigenvalue weighted by molar-refractivity contribution is 5.89. The van der Waals surface area contributed by atoms with Gasteiger partial charge >= 0.3 is 11.9 Å². The van der Waals surface area contributed by atoms with Gasteiger partial charge in [0.1, 0.15) is 5.69 Å². The zero-order chi connectivity index (χ0) is 13.5. The highest BCUT2D eigenvalue weighted by Crippen LogP contribution is 2.12. The van der Waals surface area contributed by atoms with E-state index in [1.807, 2.05) is 6.92 Å². The van der Waals surface area contributed by atoms with Gasteiger partial charge in [-0.1, -0.05) is 0 Å². The molecule has 0 saturated heterocycles. The number of nitrogen functional groups attached to an aromatic ring is 1. The van der Waals surface area contributed by atoms with Gasteiger partial charge in [0.05, 0.1) is 19.4 Å². The van der Waals surface area contributed by atoms with Gasteiger partial charge in [-0.2, -0.15) is 0 Å². The summed E-state index contributed by atoms with van der Waals surface area (Å²) in [5.41, 5.74) is 6.57. The Kier molecular flexibility index (Phi) is 5.23. The standard InChI is InChI=1S/C12H18N2O4/c1-3-14-8-9(13)7-10(14)12(16)18-6-4-5-11(15)17-2/h7-8H,3-6,13H2,1-2H3. The number of esters is 2. The second-order valence-electron chi connectivity index (χ2n) is 3.76. The molecule has 1 rings (SSSR count). The minimum absolute atomic E-state index is 0.183. The zero-order valence-electron chi connectivity index (χ0n) is 10.6. The molecule has 1 heterocycles. The maximum Gasteiger partial charge on any atom is 0.355 e. The number of carbonyl (C=O) groups excluding carboxylic acids is 2. The van der Waals surface area contributed by atoms with Crippen LogP contribution in [0.1, 0.15) is 30.3 Å². The summed E-state index contributed by atoms with van der Waals surface area (Å²) in [5, 5.41) is 0. The van der Waals surface area contributed by atoms with Crippen LogP contribution in [0.5, 0.6) is 0 Å². The Balaban J connectivity index is 2.43. The quantitative estimate of drug-likeness (QED) is 0.609. The Labute approximate surface area is 106 Å². The van der Waals surface area contributed by atoms with Crippen LogP contribution in [0.2, 0.25) is 0 Å². The van der Waals surface area contributed by atoms with E-state index in [1.54, 1.807) is 16.8 Å². The Morgan fingerprint density at radius 1 is 1.44 bits per heavy atom. The van der Waals surface area contributed by atoms with Crippen molar-refractivity contribution in [3.8, 4) is 0 Å². The lowest BCUT2D eigenvalue weighted by molar-refractivity contribution is -0.140. The van der Waals surface area contributed by atoms with Gasteiger partial charge in [0.25, 0.3) is 0 Å². The molecule has 1 aromatic rings. The summed E-state index contributed by atoms with van der Waals surface area (Å²) in [6.45, 7) is 2.74. The number of rotatable bonds is 6. The maximum absolute atomic E-state index is 11.7. The average molecular weight is 254 g/mol. The molecule has 0 amide bonds. The van der Waals surface area contributed by atoms with Crippen LogP contribution in [-0.4, -0.2) is 30.2 Å². The Bertz CT molecular complexity index is 426. The lowest BCUT2D eigenvalue weighted by atomic mass is 10.3. The number of hydrogen-bond acceptors (Lipinski definition) is 5. The number of anilines is 1. The number of aromatic nitrogens is 1. The summed E-state index contributed by atoms with van der Waals surface area (Å²) in [6.07, 6.45) is 2.37. The number of aryl methyl sites for hydroxylation is 1. The van der Waals surface area contributed by atoms with Crippen molar-refractivity contribution < 1.29 is 19.1 Å². The fourth-order valence-corrected chi connectivity index (χ4v) is 1.52. The van der Waals surface area contributed by atoms with E-state index in [9.17, 15) is 9.59 Å². The second-order valence-corrected chi connectivity index (χ2v) is 3.76. The van der Waals surface area contributed by atoms with Crippen LogP contribution in [0.15, 0.2) is 12.3 Å². The summed E-state index contributed by atoms with van der Waals surface area (Å²) in [4.78, 5) is 22.6. The first-order valence-corrected chi connectivity index (χ1v) is 5.78. The zero-order valence-corrected chi connectivity index (χ0v) is 10.6. The van der Waals surface area contributed by atoms with Gasteiger partial charge in [-0.05, 0) is 19.4 Å². The van der Waals surface area contributed by atoms with E-state index >= 15 is 0 Å².